The molecule has 3 aromatic rings. The fourth-order valence-electron chi connectivity index (χ4n) is 1.92. The molecule has 0 saturated heterocycles. The molecule has 0 amide bonds. The van der Waals surface area contributed by atoms with Crippen molar-refractivity contribution in [3.63, 3.8) is 0 Å². The normalized spacial score (nSPS) is 10.6. The van der Waals surface area contributed by atoms with Gasteiger partial charge in [-0.3, -0.25) is 0 Å². The van der Waals surface area contributed by atoms with E-state index in [0.717, 1.165) is 28.0 Å². The van der Waals surface area contributed by atoms with Crippen LogP contribution in [0.2, 0.25) is 0 Å². The van der Waals surface area contributed by atoms with Gasteiger partial charge in [-0.15, -0.1) is 0 Å². The van der Waals surface area contributed by atoms with Crippen molar-refractivity contribution in [2.24, 2.45) is 0 Å². The number of methoxy groups -OCH3 is 1. The number of anilines is 1. The van der Waals surface area contributed by atoms with Crippen LogP contribution in [0, 0.1) is 0 Å². The minimum absolute atomic E-state index is 0.569. The zero-order valence-electron chi connectivity index (χ0n) is 10.5. The van der Waals surface area contributed by atoms with Crippen molar-refractivity contribution < 1.29 is 9.26 Å². The molecule has 96 valence electrons. The first-order valence-electron chi connectivity index (χ1n) is 5.93. The molecule has 0 saturated carbocycles. The highest BCUT2D eigenvalue weighted by Gasteiger charge is 2.04. The van der Waals surface area contributed by atoms with E-state index in [2.05, 4.69) is 15.5 Å². The van der Waals surface area contributed by atoms with E-state index in [0.29, 0.717) is 6.54 Å². The minimum atomic E-state index is 0.569. The number of hydrogen-bond donors (Lipinski definition) is 1. The standard InChI is InChI=1S/C14H13N3O2/c1-18-12-3-2-10-4-6-15-14(13(10)8-12)16-9-11-5-7-19-17-11/h2-8H,9H2,1H3,(H,15,16). The van der Waals surface area contributed by atoms with Crippen LogP contribution in [0.15, 0.2) is 47.3 Å². The lowest BCUT2D eigenvalue weighted by Gasteiger charge is -2.08. The molecule has 1 N–H and O–H groups in total. The molecule has 2 aromatic heterocycles. The largest absolute Gasteiger partial charge is 0.497 e. The average molecular weight is 255 g/mol. The van der Waals surface area contributed by atoms with Crippen LogP contribution in [0.4, 0.5) is 5.82 Å². The van der Waals surface area contributed by atoms with Gasteiger partial charge in [0, 0.05) is 17.6 Å². The second-order valence-electron chi connectivity index (χ2n) is 4.09. The predicted octanol–water partition coefficient (Wildman–Crippen LogP) is 2.84. The maximum absolute atomic E-state index is 5.24. The summed E-state index contributed by atoms with van der Waals surface area (Å²) in [6.07, 6.45) is 3.33. The van der Waals surface area contributed by atoms with Crippen LogP contribution in [0.5, 0.6) is 5.75 Å². The third-order valence-corrected chi connectivity index (χ3v) is 2.90. The summed E-state index contributed by atoms with van der Waals surface area (Å²) in [6.45, 7) is 0.569. The SMILES string of the molecule is COc1ccc2ccnc(NCc3ccon3)c2c1. The van der Waals surface area contributed by atoms with Crippen molar-refractivity contribution >= 4 is 16.6 Å². The Kier molecular flexibility index (Phi) is 3.02. The van der Waals surface area contributed by atoms with Gasteiger partial charge in [-0.1, -0.05) is 11.2 Å². The van der Waals surface area contributed by atoms with Gasteiger partial charge in [-0.05, 0) is 23.6 Å². The molecule has 0 radical (unpaired) electrons. The van der Waals surface area contributed by atoms with Gasteiger partial charge < -0.3 is 14.6 Å². The van der Waals surface area contributed by atoms with E-state index >= 15 is 0 Å². The Bertz CT molecular complexity index is 680. The molecule has 1 aromatic carbocycles. The van der Waals surface area contributed by atoms with Crippen LogP contribution in [-0.2, 0) is 6.54 Å². The first-order valence-corrected chi connectivity index (χ1v) is 5.93. The molecule has 0 unspecified atom stereocenters. The molecular weight excluding hydrogens is 242 g/mol. The summed E-state index contributed by atoms with van der Waals surface area (Å²) in [5.74, 6) is 1.62. The highest BCUT2D eigenvalue weighted by Crippen LogP contribution is 2.25. The van der Waals surface area contributed by atoms with E-state index in [1.807, 2.05) is 30.3 Å². The lowest BCUT2D eigenvalue weighted by molar-refractivity contribution is 0.412. The Balaban J connectivity index is 1.93. The number of fused-ring (bicyclic) bond motifs is 1. The maximum atomic E-state index is 5.24. The molecule has 5 heteroatoms. The number of rotatable bonds is 4. The monoisotopic (exact) mass is 255 g/mol. The number of hydrogen-bond acceptors (Lipinski definition) is 5. The second-order valence-corrected chi connectivity index (χ2v) is 4.09. The zero-order valence-corrected chi connectivity index (χ0v) is 10.5. The van der Waals surface area contributed by atoms with Gasteiger partial charge >= 0.3 is 0 Å². The number of nitrogens with zero attached hydrogens (tertiary/aromatic N) is 2. The number of aromatic nitrogens is 2. The lowest BCUT2D eigenvalue weighted by atomic mass is 10.1. The highest BCUT2D eigenvalue weighted by molar-refractivity contribution is 5.92. The molecule has 0 bridgehead atoms. The molecule has 2 heterocycles. The van der Waals surface area contributed by atoms with Gasteiger partial charge in [-0.25, -0.2) is 4.98 Å². The number of pyridine rings is 1. The molecule has 0 atom stereocenters. The topological polar surface area (TPSA) is 60.2 Å². The first kappa shape index (κ1) is 11.5. The van der Waals surface area contributed by atoms with E-state index in [1.54, 1.807) is 19.6 Å². The fraction of sp³-hybridized carbons (Fsp3) is 0.143. The van der Waals surface area contributed by atoms with Crippen molar-refractivity contribution in [2.75, 3.05) is 12.4 Å². The molecule has 5 nitrogen and oxygen atoms in total. The van der Waals surface area contributed by atoms with Gasteiger partial charge in [0.05, 0.1) is 13.7 Å². The highest BCUT2D eigenvalue weighted by atomic mass is 16.5. The molecule has 3 rings (SSSR count). The van der Waals surface area contributed by atoms with E-state index in [1.165, 1.54) is 0 Å². The molecule has 0 fully saturated rings. The van der Waals surface area contributed by atoms with Crippen LogP contribution >= 0.6 is 0 Å². The Morgan fingerprint density at radius 1 is 1.26 bits per heavy atom. The predicted molar refractivity (Wildman–Crippen MR) is 72.1 cm³/mol. The summed E-state index contributed by atoms with van der Waals surface area (Å²) in [5.41, 5.74) is 0.835. The van der Waals surface area contributed by atoms with E-state index in [4.69, 9.17) is 9.26 Å². The van der Waals surface area contributed by atoms with Crippen LogP contribution < -0.4 is 10.1 Å². The van der Waals surface area contributed by atoms with Crippen molar-refractivity contribution in [1.29, 1.82) is 0 Å². The summed E-state index contributed by atoms with van der Waals surface area (Å²) < 4.78 is 10.0. The number of nitrogens with one attached hydrogen (secondary N) is 1. The summed E-state index contributed by atoms with van der Waals surface area (Å²) in [4.78, 5) is 4.36. The molecule has 19 heavy (non-hydrogen) atoms. The van der Waals surface area contributed by atoms with Crippen LogP contribution in [-0.4, -0.2) is 17.3 Å². The zero-order chi connectivity index (χ0) is 13.1. The van der Waals surface area contributed by atoms with Gasteiger partial charge in [0.25, 0.3) is 0 Å². The maximum Gasteiger partial charge on any atom is 0.134 e. The number of benzene rings is 1. The minimum Gasteiger partial charge on any atom is -0.497 e. The van der Waals surface area contributed by atoms with Crippen molar-refractivity contribution in [2.45, 2.75) is 6.54 Å². The van der Waals surface area contributed by atoms with Gasteiger partial charge in [-0.2, -0.15) is 0 Å². The summed E-state index contributed by atoms with van der Waals surface area (Å²) >= 11 is 0. The van der Waals surface area contributed by atoms with Crippen LogP contribution in [0.25, 0.3) is 10.8 Å². The van der Waals surface area contributed by atoms with Crippen molar-refractivity contribution in [3.8, 4) is 5.75 Å². The third-order valence-electron chi connectivity index (χ3n) is 2.90. The Labute approximate surface area is 110 Å². The van der Waals surface area contributed by atoms with E-state index in [-0.39, 0.29) is 0 Å². The molecule has 0 aliphatic carbocycles. The van der Waals surface area contributed by atoms with Gasteiger partial charge in [0.15, 0.2) is 0 Å². The second kappa shape index (κ2) is 4.97. The molecule has 0 spiro atoms. The van der Waals surface area contributed by atoms with Crippen LogP contribution in [0.1, 0.15) is 5.69 Å². The van der Waals surface area contributed by atoms with Crippen LogP contribution in [0.3, 0.4) is 0 Å². The molecule has 0 aliphatic heterocycles. The Morgan fingerprint density at radius 2 is 2.21 bits per heavy atom. The smallest absolute Gasteiger partial charge is 0.134 e. The van der Waals surface area contributed by atoms with E-state index in [9.17, 15) is 0 Å². The molecular formula is C14H13N3O2. The van der Waals surface area contributed by atoms with E-state index < -0.39 is 0 Å². The summed E-state index contributed by atoms with van der Waals surface area (Å²) in [5, 5.41) is 9.24. The quantitative estimate of drug-likeness (QED) is 0.776. The third kappa shape index (κ3) is 2.35. The number of ether oxygens (including phenoxy) is 1. The fourth-order valence-corrected chi connectivity index (χ4v) is 1.92. The Morgan fingerprint density at radius 3 is 3.00 bits per heavy atom. The van der Waals surface area contributed by atoms with Crippen molar-refractivity contribution in [1.82, 2.24) is 10.1 Å². The molecule has 0 aliphatic rings. The van der Waals surface area contributed by atoms with Gasteiger partial charge in [0.1, 0.15) is 23.5 Å². The average Bonchev–Trinajstić information content (AvgIpc) is 2.97. The lowest BCUT2D eigenvalue weighted by Crippen LogP contribution is -2.02. The first-order chi connectivity index (χ1) is 9.36. The van der Waals surface area contributed by atoms with Crippen molar-refractivity contribution in [3.05, 3.63) is 48.5 Å². The van der Waals surface area contributed by atoms with Gasteiger partial charge in [0.2, 0.25) is 0 Å². The summed E-state index contributed by atoms with van der Waals surface area (Å²) in [7, 11) is 1.65. The Hall–Kier alpha value is -2.56. The summed E-state index contributed by atoms with van der Waals surface area (Å²) in [6, 6.07) is 9.70.